The molecule has 1 saturated carbocycles. The molecule has 26 heavy (non-hydrogen) atoms. The fourth-order valence-electron chi connectivity index (χ4n) is 2.82. The molecule has 1 aliphatic carbocycles. The summed E-state index contributed by atoms with van der Waals surface area (Å²) in [7, 11) is -3.57. The van der Waals surface area contributed by atoms with Crippen LogP contribution in [0.2, 0.25) is 5.02 Å². The van der Waals surface area contributed by atoms with E-state index in [0.717, 1.165) is 18.4 Å². The van der Waals surface area contributed by atoms with Crippen molar-refractivity contribution in [3.63, 3.8) is 0 Å². The number of rotatable bonds is 5. The number of hydrogen-bond acceptors (Lipinski definition) is 4. The van der Waals surface area contributed by atoms with Crippen LogP contribution in [0, 0.1) is 0 Å². The van der Waals surface area contributed by atoms with E-state index < -0.39 is 16.1 Å². The Kier molecular flexibility index (Phi) is 4.38. The van der Waals surface area contributed by atoms with Gasteiger partial charge in [0.15, 0.2) is 6.10 Å². The molecule has 4 rings (SSSR count). The molecule has 2 aromatic carbocycles. The van der Waals surface area contributed by atoms with Gasteiger partial charge in [-0.2, -0.15) is 0 Å². The maximum absolute atomic E-state index is 12.5. The number of fused-ring (bicyclic) bond motifs is 1. The molecular formula is C18H17ClN2O4S. The van der Waals surface area contributed by atoms with Gasteiger partial charge in [0.25, 0.3) is 5.91 Å². The second kappa shape index (κ2) is 6.57. The Balaban J connectivity index is 1.46. The van der Waals surface area contributed by atoms with Crippen LogP contribution in [-0.2, 0) is 21.2 Å². The number of sulfonamides is 1. The number of nitrogens with one attached hydrogen (secondary N) is 2. The van der Waals surface area contributed by atoms with Gasteiger partial charge >= 0.3 is 0 Å². The highest BCUT2D eigenvalue weighted by atomic mass is 35.5. The highest BCUT2D eigenvalue weighted by Gasteiger charge is 2.30. The highest BCUT2D eigenvalue weighted by molar-refractivity contribution is 7.89. The summed E-state index contributed by atoms with van der Waals surface area (Å²) in [6.07, 6.45) is 1.47. The maximum atomic E-state index is 12.5. The van der Waals surface area contributed by atoms with Crippen LogP contribution < -0.4 is 14.8 Å². The number of carbonyl (C=O) groups is 1. The molecule has 6 nitrogen and oxygen atoms in total. The summed E-state index contributed by atoms with van der Waals surface area (Å²) >= 11 is 5.96. The number of carbonyl (C=O) groups excluding carboxylic acids is 1. The molecule has 1 fully saturated rings. The van der Waals surface area contributed by atoms with Gasteiger partial charge in [-0.15, -0.1) is 0 Å². The summed E-state index contributed by atoms with van der Waals surface area (Å²) in [6.45, 7) is 0. The largest absolute Gasteiger partial charge is 0.480 e. The Morgan fingerprint density at radius 1 is 1.15 bits per heavy atom. The molecule has 2 aromatic rings. The zero-order valence-corrected chi connectivity index (χ0v) is 15.3. The van der Waals surface area contributed by atoms with Crippen molar-refractivity contribution in [1.29, 1.82) is 0 Å². The van der Waals surface area contributed by atoms with Gasteiger partial charge in [-0.1, -0.05) is 17.7 Å². The fourth-order valence-corrected chi connectivity index (χ4v) is 4.36. The Morgan fingerprint density at radius 3 is 2.73 bits per heavy atom. The van der Waals surface area contributed by atoms with Crippen molar-refractivity contribution >= 4 is 33.2 Å². The molecule has 0 saturated heterocycles. The summed E-state index contributed by atoms with van der Waals surface area (Å²) in [5.74, 6) is 0.307. The molecule has 1 unspecified atom stereocenters. The van der Waals surface area contributed by atoms with Crippen molar-refractivity contribution in [3.8, 4) is 5.75 Å². The Bertz CT molecular complexity index is 973. The third kappa shape index (κ3) is 3.70. The van der Waals surface area contributed by atoms with E-state index in [1.807, 2.05) is 0 Å². The van der Waals surface area contributed by atoms with E-state index in [4.69, 9.17) is 16.3 Å². The molecule has 1 heterocycles. The van der Waals surface area contributed by atoms with Crippen molar-refractivity contribution in [2.24, 2.45) is 0 Å². The number of hydrogen-bond donors (Lipinski definition) is 2. The predicted octanol–water partition coefficient (Wildman–Crippen LogP) is 2.72. The lowest BCUT2D eigenvalue weighted by molar-refractivity contribution is -0.122. The molecule has 0 aromatic heterocycles. The normalized spacial score (nSPS) is 18.9. The van der Waals surface area contributed by atoms with Gasteiger partial charge in [-0.3, -0.25) is 4.79 Å². The lowest BCUT2D eigenvalue weighted by Crippen LogP contribution is -2.31. The number of anilines is 1. The summed E-state index contributed by atoms with van der Waals surface area (Å²) in [5, 5.41) is 3.32. The molecule has 0 spiro atoms. The monoisotopic (exact) mass is 392 g/mol. The van der Waals surface area contributed by atoms with E-state index in [-0.39, 0.29) is 16.8 Å². The third-order valence-corrected chi connectivity index (χ3v) is 6.05. The van der Waals surface area contributed by atoms with Crippen molar-refractivity contribution in [2.75, 3.05) is 5.32 Å². The van der Waals surface area contributed by atoms with Crippen LogP contribution in [0.25, 0.3) is 0 Å². The van der Waals surface area contributed by atoms with E-state index in [9.17, 15) is 13.2 Å². The lowest BCUT2D eigenvalue weighted by atomic mass is 10.1. The van der Waals surface area contributed by atoms with Crippen LogP contribution in [0.5, 0.6) is 5.75 Å². The van der Waals surface area contributed by atoms with E-state index in [1.54, 1.807) is 30.3 Å². The van der Waals surface area contributed by atoms with E-state index in [0.29, 0.717) is 22.9 Å². The SMILES string of the molecule is O=C(Nc1cccc(S(=O)(=O)NC2CC2)c1)C1Cc2cc(Cl)ccc2O1. The second-order valence-electron chi connectivity index (χ2n) is 6.48. The lowest BCUT2D eigenvalue weighted by Gasteiger charge is -2.12. The smallest absolute Gasteiger partial charge is 0.265 e. The minimum atomic E-state index is -3.57. The van der Waals surface area contributed by atoms with Crippen LogP contribution in [0.4, 0.5) is 5.69 Å². The molecule has 1 amide bonds. The van der Waals surface area contributed by atoms with Crippen LogP contribution in [0.15, 0.2) is 47.4 Å². The topological polar surface area (TPSA) is 84.5 Å². The summed E-state index contributed by atoms with van der Waals surface area (Å²) in [5.41, 5.74) is 1.29. The summed E-state index contributed by atoms with van der Waals surface area (Å²) in [4.78, 5) is 12.6. The van der Waals surface area contributed by atoms with Crippen LogP contribution >= 0.6 is 11.6 Å². The Hall–Kier alpha value is -2.09. The van der Waals surface area contributed by atoms with Gasteiger partial charge < -0.3 is 10.1 Å². The first-order valence-electron chi connectivity index (χ1n) is 8.29. The second-order valence-corrected chi connectivity index (χ2v) is 8.63. The summed E-state index contributed by atoms with van der Waals surface area (Å²) in [6, 6.07) is 11.4. The van der Waals surface area contributed by atoms with Gasteiger partial charge in [-0.05, 0) is 54.8 Å². The summed E-state index contributed by atoms with van der Waals surface area (Å²) < 4.78 is 32.9. The molecule has 2 N–H and O–H groups in total. The average Bonchev–Trinajstić information content (AvgIpc) is 3.29. The fraction of sp³-hybridized carbons (Fsp3) is 0.278. The molecule has 2 aliphatic rings. The molecule has 1 atom stereocenters. The van der Waals surface area contributed by atoms with Crippen molar-refractivity contribution in [3.05, 3.63) is 53.1 Å². The zero-order valence-electron chi connectivity index (χ0n) is 13.7. The first-order valence-corrected chi connectivity index (χ1v) is 10.2. The maximum Gasteiger partial charge on any atom is 0.265 e. The predicted molar refractivity (Wildman–Crippen MR) is 98.0 cm³/mol. The third-order valence-electron chi connectivity index (χ3n) is 4.30. The van der Waals surface area contributed by atoms with Gasteiger partial charge in [0.2, 0.25) is 10.0 Å². The van der Waals surface area contributed by atoms with Gasteiger partial charge in [0, 0.05) is 23.2 Å². The van der Waals surface area contributed by atoms with Gasteiger partial charge in [0.05, 0.1) is 4.90 Å². The molecule has 0 radical (unpaired) electrons. The zero-order chi connectivity index (χ0) is 18.3. The minimum Gasteiger partial charge on any atom is -0.480 e. The standard InChI is InChI=1S/C18H17ClN2O4S/c19-12-4-7-16-11(8-12)9-17(25-16)18(22)20-14-2-1-3-15(10-14)26(23,24)21-13-5-6-13/h1-4,7-8,10,13,17,21H,5-6,9H2,(H,20,22). The molecule has 1 aliphatic heterocycles. The first-order chi connectivity index (χ1) is 12.4. The van der Waals surface area contributed by atoms with Crippen LogP contribution in [0.3, 0.4) is 0 Å². The average molecular weight is 393 g/mol. The number of amides is 1. The van der Waals surface area contributed by atoms with Crippen LogP contribution in [0.1, 0.15) is 18.4 Å². The molecule has 136 valence electrons. The highest BCUT2D eigenvalue weighted by Crippen LogP contribution is 2.31. The van der Waals surface area contributed by atoms with E-state index in [1.165, 1.54) is 12.1 Å². The van der Waals surface area contributed by atoms with E-state index >= 15 is 0 Å². The minimum absolute atomic E-state index is 0.0236. The number of halogens is 1. The van der Waals surface area contributed by atoms with Gasteiger partial charge in [-0.25, -0.2) is 13.1 Å². The number of ether oxygens (including phenoxy) is 1. The molecule has 0 bridgehead atoms. The molecular weight excluding hydrogens is 376 g/mol. The van der Waals surface area contributed by atoms with Crippen LogP contribution in [-0.4, -0.2) is 26.5 Å². The van der Waals surface area contributed by atoms with Gasteiger partial charge in [0.1, 0.15) is 5.75 Å². The van der Waals surface area contributed by atoms with Crippen molar-refractivity contribution < 1.29 is 17.9 Å². The Morgan fingerprint density at radius 2 is 1.96 bits per heavy atom. The van der Waals surface area contributed by atoms with Crippen molar-refractivity contribution in [2.45, 2.75) is 36.3 Å². The Labute approximate surface area is 156 Å². The van der Waals surface area contributed by atoms with Crippen molar-refractivity contribution in [1.82, 2.24) is 4.72 Å². The number of benzene rings is 2. The van der Waals surface area contributed by atoms with E-state index in [2.05, 4.69) is 10.0 Å². The first kappa shape index (κ1) is 17.3. The molecule has 8 heteroatoms. The quantitative estimate of drug-likeness (QED) is 0.819.